The minimum Gasteiger partial charge on any atom is -0.508 e. The van der Waals surface area contributed by atoms with Crippen LogP contribution in [0.5, 0.6) is 5.75 Å². The van der Waals surface area contributed by atoms with E-state index >= 15 is 0 Å². The van der Waals surface area contributed by atoms with Gasteiger partial charge in [-0.3, -0.25) is 9.59 Å². The molecule has 26 heavy (non-hydrogen) atoms. The van der Waals surface area contributed by atoms with Gasteiger partial charge in [0.15, 0.2) is 5.41 Å². The van der Waals surface area contributed by atoms with Crippen LogP contribution in [-0.4, -0.2) is 23.6 Å². The van der Waals surface area contributed by atoms with Crippen LogP contribution in [-0.2, 0) is 26.3 Å². The van der Waals surface area contributed by atoms with Gasteiger partial charge in [0.25, 0.3) is 0 Å². The molecule has 0 radical (unpaired) electrons. The van der Waals surface area contributed by atoms with Crippen molar-refractivity contribution in [3.63, 3.8) is 0 Å². The van der Waals surface area contributed by atoms with Gasteiger partial charge in [0.1, 0.15) is 5.75 Å². The van der Waals surface area contributed by atoms with Gasteiger partial charge in [0.05, 0.1) is 13.2 Å². The number of allylic oxidation sites excluding steroid dienone is 1. The largest absolute Gasteiger partial charge is 0.508 e. The number of anilines is 1. The third-order valence-corrected chi connectivity index (χ3v) is 4.60. The molecule has 5 nitrogen and oxygen atoms in total. The van der Waals surface area contributed by atoms with Crippen molar-refractivity contribution < 1.29 is 19.4 Å². The molecule has 0 saturated carbocycles. The number of benzene rings is 2. The van der Waals surface area contributed by atoms with Crippen LogP contribution in [0.4, 0.5) is 5.69 Å². The number of fused-ring (bicyclic) bond motifs is 1. The Hall–Kier alpha value is -3.08. The van der Waals surface area contributed by atoms with E-state index in [1.54, 1.807) is 17.9 Å². The Morgan fingerprint density at radius 3 is 2.65 bits per heavy atom. The van der Waals surface area contributed by atoms with Gasteiger partial charge in [-0.1, -0.05) is 36.4 Å². The van der Waals surface area contributed by atoms with Gasteiger partial charge in [-0.25, -0.2) is 0 Å². The number of carbonyl (C=O) groups excluding carboxylic acids is 2. The number of aromatic hydroxyl groups is 1. The highest BCUT2D eigenvalue weighted by Gasteiger charge is 2.56. The zero-order valence-corrected chi connectivity index (χ0v) is 14.6. The third kappa shape index (κ3) is 2.75. The Kier molecular flexibility index (Phi) is 4.80. The van der Waals surface area contributed by atoms with Crippen LogP contribution in [0.2, 0.25) is 0 Å². The number of hydrogen-bond acceptors (Lipinski definition) is 4. The molecular weight excluding hydrogens is 330 g/mol. The van der Waals surface area contributed by atoms with Crippen molar-refractivity contribution in [2.45, 2.75) is 25.3 Å². The van der Waals surface area contributed by atoms with Crippen LogP contribution in [0, 0.1) is 0 Å². The zero-order chi connectivity index (χ0) is 18.7. The van der Waals surface area contributed by atoms with Crippen molar-refractivity contribution in [2.75, 3.05) is 11.5 Å². The molecule has 0 aromatic heterocycles. The SMILES string of the molecule is C=CC[C@@]1(C(=O)OCC)C(=O)N(Cc2ccccc2)c2ccc(O)cc21. The Balaban J connectivity index is 2.14. The van der Waals surface area contributed by atoms with E-state index in [0.717, 1.165) is 5.56 Å². The number of ether oxygens (including phenoxy) is 1. The molecule has 1 amide bonds. The highest BCUT2D eigenvalue weighted by atomic mass is 16.5. The lowest BCUT2D eigenvalue weighted by Gasteiger charge is -2.25. The number of amides is 1. The summed E-state index contributed by atoms with van der Waals surface area (Å²) in [6.45, 7) is 5.90. The van der Waals surface area contributed by atoms with E-state index < -0.39 is 11.4 Å². The number of phenolic OH excluding ortho intramolecular Hbond substituents is 1. The molecule has 2 aromatic carbocycles. The second-order valence-corrected chi connectivity index (χ2v) is 6.20. The van der Waals surface area contributed by atoms with Gasteiger partial charge in [-0.15, -0.1) is 6.58 Å². The molecule has 0 aliphatic carbocycles. The van der Waals surface area contributed by atoms with Crippen LogP contribution in [0.25, 0.3) is 0 Å². The van der Waals surface area contributed by atoms with Crippen molar-refractivity contribution in [1.29, 1.82) is 0 Å². The van der Waals surface area contributed by atoms with Crippen LogP contribution in [0.1, 0.15) is 24.5 Å². The van der Waals surface area contributed by atoms with Gasteiger partial charge in [0.2, 0.25) is 5.91 Å². The monoisotopic (exact) mass is 351 g/mol. The van der Waals surface area contributed by atoms with Gasteiger partial charge in [-0.05, 0) is 37.1 Å². The number of hydrogen-bond donors (Lipinski definition) is 1. The first kappa shape index (κ1) is 17.7. The maximum Gasteiger partial charge on any atom is 0.326 e. The van der Waals surface area contributed by atoms with Crippen molar-refractivity contribution in [3.8, 4) is 5.75 Å². The van der Waals surface area contributed by atoms with Crippen molar-refractivity contribution >= 4 is 17.6 Å². The average Bonchev–Trinajstić information content (AvgIpc) is 2.86. The summed E-state index contributed by atoms with van der Waals surface area (Å²) in [5, 5.41) is 9.96. The maximum absolute atomic E-state index is 13.4. The highest BCUT2D eigenvalue weighted by molar-refractivity contribution is 6.20. The molecule has 1 heterocycles. The number of esters is 1. The molecule has 134 valence electrons. The van der Waals surface area contributed by atoms with Gasteiger partial charge in [-0.2, -0.15) is 0 Å². The van der Waals surface area contributed by atoms with Crippen LogP contribution in [0.15, 0.2) is 61.2 Å². The van der Waals surface area contributed by atoms with Crippen molar-refractivity contribution in [3.05, 3.63) is 72.3 Å². The summed E-state index contributed by atoms with van der Waals surface area (Å²) in [5.41, 5.74) is 0.488. The molecule has 0 fully saturated rings. The first-order valence-electron chi connectivity index (χ1n) is 8.52. The molecule has 0 bridgehead atoms. The smallest absolute Gasteiger partial charge is 0.326 e. The topological polar surface area (TPSA) is 66.8 Å². The summed E-state index contributed by atoms with van der Waals surface area (Å²) in [7, 11) is 0. The van der Waals surface area contributed by atoms with E-state index in [9.17, 15) is 14.7 Å². The van der Waals surface area contributed by atoms with Crippen LogP contribution in [0.3, 0.4) is 0 Å². The van der Waals surface area contributed by atoms with E-state index in [0.29, 0.717) is 17.8 Å². The molecular formula is C21H21NO4. The first-order valence-corrected chi connectivity index (χ1v) is 8.52. The summed E-state index contributed by atoms with van der Waals surface area (Å²) in [6, 6.07) is 14.2. The fraction of sp³-hybridized carbons (Fsp3) is 0.238. The maximum atomic E-state index is 13.4. The Bertz CT molecular complexity index is 846. The Morgan fingerprint density at radius 1 is 1.27 bits per heavy atom. The molecule has 1 atom stereocenters. The normalized spacial score (nSPS) is 18.5. The molecule has 0 spiro atoms. The predicted molar refractivity (Wildman–Crippen MR) is 98.9 cm³/mol. The van der Waals surface area contributed by atoms with E-state index in [1.165, 1.54) is 18.2 Å². The fourth-order valence-corrected chi connectivity index (χ4v) is 3.43. The van der Waals surface area contributed by atoms with Gasteiger partial charge in [0, 0.05) is 11.3 Å². The van der Waals surface area contributed by atoms with Gasteiger partial charge >= 0.3 is 5.97 Å². The highest BCUT2D eigenvalue weighted by Crippen LogP contribution is 2.47. The van der Waals surface area contributed by atoms with E-state index in [-0.39, 0.29) is 24.7 Å². The van der Waals surface area contributed by atoms with Crippen molar-refractivity contribution in [1.82, 2.24) is 0 Å². The molecule has 0 saturated heterocycles. The molecule has 3 rings (SSSR count). The van der Waals surface area contributed by atoms with E-state index in [2.05, 4.69) is 6.58 Å². The summed E-state index contributed by atoms with van der Waals surface area (Å²) < 4.78 is 5.23. The lowest BCUT2D eigenvalue weighted by Crippen LogP contribution is -2.46. The number of rotatable bonds is 6. The molecule has 0 unspecified atom stereocenters. The van der Waals surface area contributed by atoms with Crippen LogP contribution >= 0.6 is 0 Å². The molecule has 5 heteroatoms. The Morgan fingerprint density at radius 2 is 2.00 bits per heavy atom. The lowest BCUT2D eigenvalue weighted by atomic mass is 9.78. The molecule has 1 aliphatic rings. The van der Waals surface area contributed by atoms with Crippen molar-refractivity contribution in [2.24, 2.45) is 0 Å². The van der Waals surface area contributed by atoms with E-state index in [1.807, 2.05) is 30.3 Å². The Labute approximate surface area is 152 Å². The third-order valence-electron chi connectivity index (χ3n) is 4.60. The number of phenols is 1. The van der Waals surface area contributed by atoms with E-state index in [4.69, 9.17) is 4.74 Å². The van der Waals surface area contributed by atoms with Crippen LogP contribution < -0.4 is 4.90 Å². The molecule has 1 N–H and O–H groups in total. The molecule has 1 aliphatic heterocycles. The second kappa shape index (κ2) is 7.04. The summed E-state index contributed by atoms with van der Waals surface area (Å²) in [4.78, 5) is 27.8. The molecule has 2 aromatic rings. The predicted octanol–water partition coefficient (Wildman–Crippen LogP) is 3.32. The summed E-state index contributed by atoms with van der Waals surface area (Å²) >= 11 is 0. The summed E-state index contributed by atoms with van der Waals surface area (Å²) in [5.74, 6) is -0.983. The summed E-state index contributed by atoms with van der Waals surface area (Å²) in [6.07, 6.45) is 1.64. The van der Waals surface area contributed by atoms with Gasteiger partial charge < -0.3 is 14.7 Å². The minimum absolute atomic E-state index is 0.00385. The second-order valence-electron chi connectivity index (χ2n) is 6.20. The quantitative estimate of drug-likeness (QED) is 0.492. The number of nitrogens with zero attached hydrogens (tertiary/aromatic N) is 1. The number of carbonyl (C=O) groups is 2. The zero-order valence-electron chi connectivity index (χ0n) is 14.6. The fourth-order valence-electron chi connectivity index (χ4n) is 3.43. The average molecular weight is 351 g/mol. The first-order chi connectivity index (χ1) is 12.5. The minimum atomic E-state index is -1.51. The lowest BCUT2D eigenvalue weighted by molar-refractivity contribution is -0.153. The standard InChI is InChI=1S/C21H21NO4/c1-3-12-21(20(25)26-4-2)17-13-16(23)10-11-18(17)22(19(21)24)14-15-8-6-5-7-9-15/h3,5-11,13,23H,1,4,12,14H2,2H3/t21-/m0/s1.